The first-order chi connectivity index (χ1) is 21.1. The molecule has 0 fully saturated rings. The summed E-state index contributed by atoms with van der Waals surface area (Å²) in [5.41, 5.74) is 6.37. The first-order valence-electron chi connectivity index (χ1n) is 15.6. The number of rotatable bonds is 9. The standard InChI is InChI=1S/C25H20N3O.C13H24O2.Ir/c1-25(2,3)20-11-17(10-16-6-4-5-7-19(16)20)22-13-23(28-15-27-22)18-12-24-21(26-14-18)8-9-29-24;1-5-10(6-2)12(14)9-13(15)11(7-3)8-4;/h4-9,11-15H,1-3H3;9-11,14H,5-8H2,1-4H3;/q-1;;/b;12-9-;. The molecular formula is C38H44IrN3O3-. The monoisotopic (exact) mass is 783 g/mol. The minimum Gasteiger partial charge on any atom is -0.512 e. The molecule has 5 aromatic rings. The van der Waals surface area contributed by atoms with E-state index in [1.807, 2.05) is 58.2 Å². The number of pyridine rings is 1. The van der Waals surface area contributed by atoms with Gasteiger partial charge in [-0.25, -0.2) is 4.98 Å². The number of ketones is 1. The normalized spacial score (nSPS) is 11.9. The van der Waals surface area contributed by atoms with E-state index < -0.39 is 0 Å². The molecule has 0 amide bonds. The maximum Gasteiger partial charge on any atom is 0.162 e. The van der Waals surface area contributed by atoms with Crippen LogP contribution in [-0.2, 0) is 30.3 Å². The van der Waals surface area contributed by atoms with Gasteiger partial charge < -0.3 is 9.52 Å². The summed E-state index contributed by atoms with van der Waals surface area (Å²) in [5, 5.41) is 12.1. The Kier molecular flexibility index (Phi) is 12.8. The predicted octanol–water partition coefficient (Wildman–Crippen LogP) is 10.1. The zero-order valence-electron chi connectivity index (χ0n) is 27.4. The van der Waals surface area contributed by atoms with Crippen LogP contribution in [0.2, 0.25) is 0 Å². The van der Waals surface area contributed by atoms with Gasteiger partial charge in [-0.05, 0) is 43.2 Å². The molecule has 6 nitrogen and oxygen atoms in total. The van der Waals surface area contributed by atoms with Crippen LogP contribution in [0.15, 0.2) is 83.6 Å². The van der Waals surface area contributed by atoms with E-state index in [2.05, 4.69) is 66.1 Å². The molecule has 3 heterocycles. The summed E-state index contributed by atoms with van der Waals surface area (Å²) in [6, 6.07) is 19.9. The minimum atomic E-state index is 0. The fourth-order valence-corrected chi connectivity index (χ4v) is 5.42. The molecule has 1 N–H and O–H groups in total. The Bertz CT molecular complexity index is 1740. The summed E-state index contributed by atoms with van der Waals surface area (Å²) in [7, 11) is 0. The number of aliphatic hydroxyl groups excluding tert-OH is 1. The summed E-state index contributed by atoms with van der Waals surface area (Å²) >= 11 is 0. The van der Waals surface area contributed by atoms with Crippen molar-refractivity contribution < 1.29 is 34.4 Å². The second-order valence-corrected chi connectivity index (χ2v) is 12.2. The van der Waals surface area contributed by atoms with Crippen molar-refractivity contribution in [3.63, 3.8) is 0 Å². The number of carbonyl (C=O) groups excluding carboxylic acids is 1. The Morgan fingerprint density at radius 1 is 0.911 bits per heavy atom. The summed E-state index contributed by atoms with van der Waals surface area (Å²) in [6.07, 6.45) is 9.96. The maximum absolute atomic E-state index is 11.7. The Hall–Kier alpha value is -3.67. The Balaban J connectivity index is 0.000000297. The summed E-state index contributed by atoms with van der Waals surface area (Å²) < 4.78 is 5.48. The van der Waals surface area contributed by atoms with Gasteiger partial charge in [-0.1, -0.05) is 77.6 Å². The van der Waals surface area contributed by atoms with Gasteiger partial charge in [0.05, 0.1) is 17.7 Å². The predicted molar refractivity (Wildman–Crippen MR) is 179 cm³/mol. The molecule has 0 spiro atoms. The molecular weight excluding hydrogens is 739 g/mol. The van der Waals surface area contributed by atoms with Crippen molar-refractivity contribution in [3.05, 3.63) is 90.8 Å². The third-order valence-corrected chi connectivity index (χ3v) is 8.21. The average Bonchev–Trinajstić information content (AvgIpc) is 3.50. The van der Waals surface area contributed by atoms with E-state index in [4.69, 9.17) is 4.42 Å². The van der Waals surface area contributed by atoms with Crippen molar-refractivity contribution in [2.24, 2.45) is 11.8 Å². The molecule has 0 unspecified atom stereocenters. The summed E-state index contributed by atoms with van der Waals surface area (Å²) in [5.74, 6) is 0.547. The average molecular weight is 783 g/mol. The first-order valence-corrected chi connectivity index (χ1v) is 15.6. The number of aliphatic hydroxyl groups is 1. The van der Waals surface area contributed by atoms with Crippen LogP contribution in [0.1, 0.15) is 79.7 Å². The second-order valence-electron chi connectivity index (χ2n) is 12.2. The topological polar surface area (TPSA) is 89.1 Å². The van der Waals surface area contributed by atoms with Crippen molar-refractivity contribution in [1.82, 2.24) is 15.0 Å². The third kappa shape index (κ3) is 8.74. The summed E-state index contributed by atoms with van der Waals surface area (Å²) in [4.78, 5) is 25.1. The fraction of sp³-hybridized carbons (Fsp3) is 0.368. The fourth-order valence-electron chi connectivity index (χ4n) is 5.42. The van der Waals surface area contributed by atoms with E-state index in [0.29, 0.717) is 0 Å². The number of carbonyl (C=O) groups is 1. The van der Waals surface area contributed by atoms with E-state index in [1.165, 1.54) is 17.0 Å². The van der Waals surface area contributed by atoms with Crippen molar-refractivity contribution in [1.29, 1.82) is 0 Å². The number of hydrogen-bond donors (Lipinski definition) is 1. The van der Waals surface area contributed by atoms with E-state index in [0.717, 1.165) is 64.7 Å². The van der Waals surface area contributed by atoms with Crippen molar-refractivity contribution >= 4 is 27.7 Å². The van der Waals surface area contributed by atoms with Crippen LogP contribution < -0.4 is 0 Å². The third-order valence-electron chi connectivity index (χ3n) is 8.21. The van der Waals surface area contributed by atoms with Gasteiger partial charge >= 0.3 is 0 Å². The van der Waals surface area contributed by atoms with Gasteiger partial charge in [0.15, 0.2) is 11.4 Å². The SMILES string of the molecule is CC(C)(C)c1cc(-c2cc(-c3cnc4ccoc4c3)ncn2)[c-]c2ccccc12.CCC(CC)C(=O)/C=C(\O)C(CC)CC.[Ir]. The van der Waals surface area contributed by atoms with E-state index in [1.54, 1.807) is 12.6 Å². The molecule has 0 aliphatic carbocycles. The zero-order valence-corrected chi connectivity index (χ0v) is 29.7. The molecule has 1 radical (unpaired) electrons. The van der Waals surface area contributed by atoms with Crippen LogP contribution >= 0.6 is 0 Å². The number of furan rings is 1. The van der Waals surface area contributed by atoms with Crippen LogP contribution in [0.5, 0.6) is 0 Å². The number of hydrogen-bond acceptors (Lipinski definition) is 6. The Morgan fingerprint density at radius 2 is 1.58 bits per heavy atom. The molecule has 5 rings (SSSR count). The first kappa shape index (κ1) is 35.8. The molecule has 0 aliphatic rings. The molecule has 0 saturated heterocycles. The molecule has 239 valence electrons. The largest absolute Gasteiger partial charge is 0.512 e. The van der Waals surface area contributed by atoms with Crippen molar-refractivity contribution in [2.45, 2.75) is 79.6 Å². The van der Waals surface area contributed by atoms with Crippen LogP contribution in [0.3, 0.4) is 0 Å². The molecule has 2 aromatic carbocycles. The van der Waals surface area contributed by atoms with E-state index in [-0.39, 0.29) is 48.9 Å². The molecule has 0 atom stereocenters. The number of allylic oxidation sites excluding steroid dienone is 2. The minimum absolute atomic E-state index is 0. The number of benzene rings is 2. The van der Waals surface area contributed by atoms with Gasteiger partial charge in [0.2, 0.25) is 0 Å². The molecule has 3 aromatic heterocycles. The molecule has 0 saturated carbocycles. The van der Waals surface area contributed by atoms with Gasteiger partial charge in [0.1, 0.15) is 11.8 Å². The zero-order chi connectivity index (χ0) is 31.9. The Labute approximate surface area is 280 Å². The van der Waals surface area contributed by atoms with E-state index in [9.17, 15) is 9.90 Å². The van der Waals surface area contributed by atoms with Gasteiger partial charge in [0.25, 0.3) is 0 Å². The second kappa shape index (κ2) is 16.1. The van der Waals surface area contributed by atoms with Gasteiger partial charge in [-0.15, -0.1) is 29.1 Å². The van der Waals surface area contributed by atoms with Crippen LogP contribution in [0.4, 0.5) is 0 Å². The maximum atomic E-state index is 11.7. The smallest absolute Gasteiger partial charge is 0.162 e. The molecule has 45 heavy (non-hydrogen) atoms. The van der Waals surface area contributed by atoms with Gasteiger partial charge in [0, 0.05) is 61.5 Å². The van der Waals surface area contributed by atoms with Crippen LogP contribution in [0, 0.1) is 17.9 Å². The van der Waals surface area contributed by atoms with Crippen LogP contribution in [-0.4, -0.2) is 25.8 Å². The summed E-state index contributed by atoms with van der Waals surface area (Å²) in [6.45, 7) is 14.8. The molecule has 0 aliphatic heterocycles. The number of fused-ring (bicyclic) bond motifs is 2. The van der Waals surface area contributed by atoms with E-state index >= 15 is 0 Å². The number of nitrogens with zero attached hydrogens (tertiary/aromatic N) is 3. The quantitative estimate of drug-likeness (QED) is 0.0910. The number of aromatic nitrogens is 3. The molecule has 7 heteroatoms. The van der Waals surface area contributed by atoms with Gasteiger partial charge in [-0.3, -0.25) is 14.8 Å². The Morgan fingerprint density at radius 3 is 2.24 bits per heavy atom. The van der Waals surface area contributed by atoms with Gasteiger partial charge in [-0.2, -0.15) is 0 Å². The van der Waals surface area contributed by atoms with Crippen LogP contribution in [0.25, 0.3) is 44.4 Å². The van der Waals surface area contributed by atoms with Crippen molar-refractivity contribution in [2.75, 3.05) is 0 Å². The van der Waals surface area contributed by atoms with Crippen molar-refractivity contribution in [3.8, 4) is 22.5 Å². The molecule has 0 bridgehead atoms.